The molecule has 1 rings (SSSR count). The second-order valence-electron chi connectivity index (χ2n) is 3.71. The number of rotatable bonds is 7. The Kier molecular flexibility index (Phi) is 6.85. The zero-order chi connectivity index (χ0) is 12.7. The first-order valence-corrected chi connectivity index (χ1v) is 6.74. The lowest BCUT2D eigenvalue weighted by atomic mass is 10.2. The smallest absolute Gasteiger partial charge is 0.145 e. The molecule has 0 amide bonds. The van der Waals surface area contributed by atoms with Gasteiger partial charge in [0.2, 0.25) is 0 Å². The maximum absolute atomic E-state index is 13.2. The fraction of sp³-hybridized carbons (Fsp3) is 0.500. The van der Waals surface area contributed by atoms with Gasteiger partial charge in [0.25, 0.3) is 0 Å². The molecule has 1 aromatic rings. The van der Waals surface area contributed by atoms with Crippen molar-refractivity contribution in [3.63, 3.8) is 0 Å². The summed E-state index contributed by atoms with van der Waals surface area (Å²) in [6, 6.07) is 2.81. The van der Waals surface area contributed by atoms with Gasteiger partial charge in [-0.1, -0.05) is 11.6 Å². The number of halogens is 3. The number of nitrogens with one attached hydrogen (secondary N) is 1. The third-order valence-electron chi connectivity index (χ3n) is 2.30. The van der Waals surface area contributed by atoms with Crippen LogP contribution in [0.15, 0.2) is 16.6 Å². The summed E-state index contributed by atoms with van der Waals surface area (Å²) in [5.74, 6) is 0.0422. The van der Waals surface area contributed by atoms with Gasteiger partial charge in [0, 0.05) is 6.07 Å². The second-order valence-corrected chi connectivity index (χ2v) is 4.97. The largest absolute Gasteiger partial charge is 0.492 e. The second kappa shape index (κ2) is 7.90. The lowest BCUT2D eigenvalue weighted by molar-refractivity contribution is 0.302. The third kappa shape index (κ3) is 5.23. The van der Waals surface area contributed by atoms with E-state index in [-0.39, 0.29) is 5.02 Å². The predicted molar refractivity (Wildman–Crippen MR) is 72.4 cm³/mol. The van der Waals surface area contributed by atoms with Crippen molar-refractivity contribution in [3.05, 3.63) is 27.4 Å². The van der Waals surface area contributed by atoms with Crippen LogP contribution < -0.4 is 10.1 Å². The van der Waals surface area contributed by atoms with Gasteiger partial charge >= 0.3 is 0 Å². The highest BCUT2D eigenvalue weighted by Gasteiger charge is 2.07. The summed E-state index contributed by atoms with van der Waals surface area (Å²) < 4.78 is 19.4. The van der Waals surface area contributed by atoms with E-state index in [0.29, 0.717) is 16.8 Å². The molecule has 2 nitrogen and oxygen atoms in total. The maximum Gasteiger partial charge on any atom is 0.145 e. The number of unbranched alkanes of at least 4 members (excludes halogenated alkanes) is 2. The molecule has 0 radical (unpaired) electrons. The summed E-state index contributed by atoms with van der Waals surface area (Å²) in [5.41, 5.74) is 0. The molecule has 0 heterocycles. The molecule has 5 heteroatoms. The monoisotopic (exact) mass is 323 g/mol. The fourth-order valence-corrected chi connectivity index (χ4v) is 2.13. The van der Waals surface area contributed by atoms with Gasteiger partial charge in [-0.2, -0.15) is 0 Å². The van der Waals surface area contributed by atoms with E-state index in [1.165, 1.54) is 12.1 Å². The first-order valence-electron chi connectivity index (χ1n) is 5.57. The molecule has 0 aromatic heterocycles. The van der Waals surface area contributed by atoms with Crippen LogP contribution in [0.25, 0.3) is 0 Å². The van der Waals surface area contributed by atoms with Crippen molar-refractivity contribution in [2.45, 2.75) is 19.3 Å². The van der Waals surface area contributed by atoms with Gasteiger partial charge in [0.1, 0.15) is 11.6 Å². The van der Waals surface area contributed by atoms with Crippen LogP contribution >= 0.6 is 27.5 Å². The zero-order valence-electron chi connectivity index (χ0n) is 9.73. The Balaban J connectivity index is 2.34. The molecular weight excluding hydrogens is 308 g/mol. The molecule has 0 spiro atoms. The minimum atomic E-state index is -0.458. The first kappa shape index (κ1) is 14.7. The molecular formula is C12H16BrClFNO. The Morgan fingerprint density at radius 1 is 1.35 bits per heavy atom. The Morgan fingerprint density at radius 3 is 2.82 bits per heavy atom. The van der Waals surface area contributed by atoms with Crippen LogP contribution in [0.1, 0.15) is 19.3 Å². The number of hydrogen-bond donors (Lipinski definition) is 1. The number of benzene rings is 1. The molecule has 0 unspecified atom stereocenters. The quantitative estimate of drug-likeness (QED) is 0.604. The lowest BCUT2D eigenvalue weighted by Gasteiger charge is -2.09. The molecule has 0 atom stereocenters. The van der Waals surface area contributed by atoms with Crippen LogP contribution in [-0.2, 0) is 0 Å². The van der Waals surface area contributed by atoms with E-state index >= 15 is 0 Å². The predicted octanol–water partition coefficient (Wildman–Crippen LogP) is 4.01. The molecule has 0 fully saturated rings. The first-order chi connectivity index (χ1) is 8.15. The van der Waals surface area contributed by atoms with E-state index < -0.39 is 5.82 Å². The molecule has 1 aromatic carbocycles. The Morgan fingerprint density at radius 2 is 2.12 bits per heavy atom. The van der Waals surface area contributed by atoms with Gasteiger partial charge in [0.05, 0.1) is 16.1 Å². The summed E-state index contributed by atoms with van der Waals surface area (Å²) in [5, 5.41) is 3.18. The van der Waals surface area contributed by atoms with Crippen molar-refractivity contribution < 1.29 is 9.13 Å². The highest BCUT2D eigenvalue weighted by Crippen LogP contribution is 2.30. The van der Waals surface area contributed by atoms with E-state index in [4.69, 9.17) is 16.3 Å². The molecule has 0 aliphatic carbocycles. The van der Waals surface area contributed by atoms with Gasteiger partial charge < -0.3 is 10.1 Å². The van der Waals surface area contributed by atoms with Crippen LogP contribution in [0.5, 0.6) is 5.75 Å². The molecule has 1 N–H and O–H groups in total. The van der Waals surface area contributed by atoms with E-state index in [1.54, 1.807) is 0 Å². The normalized spacial score (nSPS) is 10.6. The highest BCUT2D eigenvalue weighted by atomic mass is 79.9. The van der Waals surface area contributed by atoms with Gasteiger partial charge in [-0.05, 0) is 54.9 Å². The molecule has 0 aliphatic rings. The van der Waals surface area contributed by atoms with E-state index in [9.17, 15) is 4.39 Å². The summed E-state index contributed by atoms with van der Waals surface area (Å²) >= 11 is 8.93. The van der Waals surface area contributed by atoms with Crippen molar-refractivity contribution in [2.24, 2.45) is 0 Å². The zero-order valence-corrected chi connectivity index (χ0v) is 12.1. The Hall–Kier alpha value is -0.320. The standard InChI is InChI=1S/C12H16BrClFNO/c1-16-5-3-2-4-6-17-12-8-11(15)10(14)7-9(12)13/h7-8,16H,2-6H2,1H3. The van der Waals surface area contributed by atoms with Crippen LogP contribution in [0.2, 0.25) is 5.02 Å². The molecule has 17 heavy (non-hydrogen) atoms. The number of ether oxygens (including phenoxy) is 1. The molecule has 0 aliphatic heterocycles. The van der Waals surface area contributed by atoms with Gasteiger partial charge in [-0.15, -0.1) is 0 Å². The summed E-state index contributed by atoms with van der Waals surface area (Å²) in [6.07, 6.45) is 3.17. The Labute approximate surface area is 115 Å². The van der Waals surface area contributed by atoms with Crippen molar-refractivity contribution in [2.75, 3.05) is 20.2 Å². The van der Waals surface area contributed by atoms with Crippen molar-refractivity contribution in [1.82, 2.24) is 5.32 Å². The van der Waals surface area contributed by atoms with E-state index in [2.05, 4.69) is 21.2 Å². The van der Waals surface area contributed by atoms with Crippen molar-refractivity contribution in [1.29, 1.82) is 0 Å². The van der Waals surface area contributed by atoms with Crippen LogP contribution in [-0.4, -0.2) is 20.2 Å². The minimum absolute atomic E-state index is 0.0956. The van der Waals surface area contributed by atoms with Crippen LogP contribution in [0.3, 0.4) is 0 Å². The van der Waals surface area contributed by atoms with Gasteiger partial charge in [0.15, 0.2) is 0 Å². The van der Waals surface area contributed by atoms with Crippen molar-refractivity contribution in [3.8, 4) is 5.75 Å². The van der Waals surface area contributed by atoms with E-state index in [1.807, 2.05) is 7.05 Å². The Bertz CT molecular complexity index is 363. The van der Waals surface area contributed by atoms with Gasteiger partial charge in [-0.25, -0.2) is 4.39 Å². The average molecular weight is 325 g/mol. The molecule has 0 saturated heterocycles. The van der Waals surface area contributed by atoms with Gasteiger partial charge in [-0.3, -0.25) is 0 Å². The highest BCUT2D eigenvalue weighted by molar-refractivity contribution is 9.10. The fourth-order valence-electron chi connectivity index (χ4n) is 1.38. The topological polar surface area (TPSA) is 21.3 Å². The SMILES string of the molecule is CNCCCCCOc1cc(F)c(Cl)cc1Br. The summed E-state index contributed by atoms with van der Waals surface area (Å²) in [7, 11) is 1.93. The van der Waals surface area contributed by atoms with E-state index in [0.717, 1.165) is 25.8 Å². The van der Waals surface area contributed by atoms with Crippen LogP contribution in [0.4, 0.5) is 4.39 Å². The summed E-state index contributed by atoms with van der Waals surface area (Å²) in [4.78, 5) is 0. The minimum Gasteiger partial charge on any atom is -0.492 e. The third-order valence-corrected chi connectivity index (χ3v) is 3.21. The average Bonchev–Trinajstić information content (AvgIpc) is 2.30. The maximum atomic E-state index is 13.2. The lowest BCUT2D eigenvalue weighted by Crippen LogP contribution is -2.08. The summed E-state index contributed by atoms with van der Waals surface area (Å²) in [6.45, 7) is 1.60. The molecule has 0 bridgehead atoms. The van der Waals surface area contributed by atoms with Crippen molar-refractivity contribution >= 4 is 27.5 Å². The molecule has 96 valence electrons. The number of hydrogen-bond acceptors (Lipinski definition) is 2. The van der Waals surface area contributed by atoms with Crippen LogP contribution in [0, 0.1) is 5.82 Å². The molecule has 0 saturated carbocycles.